The maximum Gasteiger partial charge on any atom is 0.184 e. The molecule has 1 aliphatic heterocycles. The molecule has 1 saturated heterocycles. The maximum absolute atomic E-state index is 10.5. The zero-order valence-corrected chi connectivity index (χ0v) is 17.1. The van der Waals surface area contributed by atoms with E-state index in [9.17, 15) is 15.3 Å². The Balaban J connectivity index is 1.43. The molecule has 30 heavy (non-hydrogen) atoms. The Morgan fingerprint density at radius 3 is 1.90 bits per heavy atom. The van der Waals surface area contributed by atoms with E-state index in [1.807, 2.05) is 21.5 Å². The number of imidazole rings is 2. The van der Waals surface area contributed by atoms with E-state index in [2.05, 4.69) is 9.97 Å². The van der Waals surface area contributed by atoms with Crippen LogP contribution >= 0.6 is 0 Å². The summed E-state index contributed by atoms with van der Waals surface area (Å²) >= 11 is 0. The van der Waals surface area contributed by atoms with E-state index in [1.54, 1.807) is 25.0 Å². The van der Waals surface area contributed by atoms with Gasteiger partial charge in [-0.3, -0.25) is 0 Å². The molecule has 0 bridgehead atoms. The maximum atomic E-state index is 10.5. The van der Waals surface area contributed by atoms with Crippen molar-refractivity contribution in [3.8, 4) is 0 Å². The molecule has 0 spiro atoms. The Morgan fingerprint density at radius 2 is 1.40 bits per heavy atom. The molecule has 3 N–H and O–H groups in total. The molecular formula is C20H32N4O6. The van der Waals surface area contributed by atoms with E-state index in [1.165, 1.54) is 0 Å². The van der Waals surface area contributed by atoms with Gasteiger partial charge in [-0.15, -0.1) is 0 Å². The minimum Gasteiger partial charge on any atom is -0.394 e. The summed E-state index contributed by atoms with van der Waals surface area (Å²) in [6.07, 6.45) is 9.31. The first kappa shape index (κ1) is 22.9. The molecule has 2 aromatic heterocycles. The highest BCUT2D eigenvalue weighted by Crippen LogP contribution is 2.25. The lowest BCUT2D eigenvalue weighted by molar-refractivity contribution is -0.303. The third kappa shape index (κ3) is 6.59. The fourth-order valence-electron chi connectivity index (χ4n) is 3.50. The van der Waals surface area contributed by atoms with E-state index >= 15 is 0 Å². The number of aromatic nitrogens is 4. The molecule has 0 saturated carbocycles. The average Bonchev–Trinajstić information content (AvgIpc) is 3.45. The lowest BCUT2D eigenvalue weighted by Gasteiger charge is -2.42. The first-order chi connectivity index (χ1) is 14.7. The van der Waals surface area contributed by atoms with Gasteiger partial charge in [0.25, 0.3) is 0 Å². The molecule has 3 heterocycles. The predicted octanol–water partition coefficient (Wildman–Crippen LogP) is 0.181. The van der Waals surface area contributed by atoms with Crippen molar-refractivity contribution in [2.75, 3.05) is 19.8 Å². The van der Waals surface area contributed by atoms with Gasteiger partial charge in [0, 0.05) is 51.1 Å². The standard InChI is InChI=1S/C20H32N4O6/c25-13-16-17(26)18(28-11-3-1-7-23-9-5-21-14-23)19(20(27)30-16)29-12-4-2-8-24-10-6-22-15-24/h5-6,9-10,14-20,25-27H,1-4,7-8,11-13H2/t16-,17-,18+,19-,20?/m1/s1. The van der Waals surface area contributed by atoms with Crippen molar-refractivity contribution in [3.05, 3.63) is 37.4 Å². The minimum absolute atomic E-state index is 0.400. The van der Waals surface area contributed by atoms with Crippen molar-refractivity contribution in [2.24, 2.45) is 0 Å². The van der Waals surface area contributed by atoms with Crippen molar-refractivity contribution >= 4 is 0 Å². The van der Waals surface area contributed by atoms with Gasteiger partial charge < -0.3 is 38.7 Å². The minimum atomic E-state index is -1.27. The SMILES string of the molecule is OC[C@H]1OC(O)[C@H](OCCCCn2ccnc2)[C@@H](OCCCCn2ccnc2)[C@@H]1O. The highest BCUT2D eigenvalue weighted by molar-refractivity contribution is 4.91. The molecular weight excluding hydrogens is 392 g/mol. The highest BCUT2D eigenvalue weighted by Gasteiger charge is 2.45. The van der Waals surface area contributed by atoms with E-state index in [-0.39, 0.29) is 0 Å². The van der Waals surface area contributed by atoms with Crippen molar-refractivity contribution in [1.29, 1.82) is 0 Å². The van der Waals surface area contributed by atoms with Gasteiger partial charge in [-0.25, -0.2) is 9.97 Å². The topological polar surface area (TPSA) is 124 Å². The van der Waals surface area contributed by atoms with Crippen LogP contribution in [0.15, 0.2) is 37.4 Å². The summed E-state index contributed by atoms with van der Waals surface area (Å²) in [7, 11) is 0. The highest BCUT2D eigenvalue weighted by atomic mass is 16.7. The second kappa shape index (κ2) is 12.1. The average molecular weight is 424 g/mol. The molecule has 10 heteroatoms. The van der Waals surface area contributed by atoms with Crippen LogP contribution in [0.1, 0.15) is 25.7 Å². The second-order valence-electron chi connectivity index (χ2n) is 7.42. The Labute approximate surface area is 176 Å². The van der Waals surface area contributed by atoms with Crippen LogP contribution in [0.5, 0.6) is 0 Å². The number of hydrogen-bond donors (Lipinski definition) is 3. The van der Waals surface area contributed by atoms with Gasteiger partial charge in [0.15, 0.2) is 6.29 Å². The lowest BCUT2D eigenvalue weighted by Crippen LogP contribution is -2.60. The molecule has 1 fully saturated rings. The quantitative estimate of drug-likeness (QED) is 0.389. The van der Waals surface area contributed by atoms with Crippen LogP contribution in [-0.2, 0) is 27.3 Å². The van der Waals surface area contributed by atoms with E-state index < -0.39 is 37.3 Å². The summed E-state index contributed by atoms with van der Waals surface area (Å²) in [5.41, 5.74) is 0. The smallest absolute Gasteiger partial charge is 0.184 e. The molecule has 0 radical (unpaired) electrons. The number of ether oxygens (including phenoxy) is 3. The zero-order chi connectivity index (χ0) is 21.2. The summed E-state index contributed by atoms with van der Waals surface area (Å²) in [6.45, 7) is 2.06. The van der Waals surface area contributed by atoms with Gasteiger partial charge >= 0.3 is 0 Å². The predicted molar refractivity (Wildman–Crippen MR) is 106 cm³/mol. The van der Waals surface area contributed by atoms with Crippen LogP contribution in [0, 0.1) is 0 Å². The molecule has 168 valence electrons. The molecule has 2 aromatic rings. The molecule has 1 aliphatic rings. The van der Waals surface area contributed by atoms with Gasteiger partial charge in [0.05, 0.1) is 19.3 Å². The zero-order valence-electron chi connectivity index (χ0n) is 17.1. The van der Waals surface area contributed by atoms with Gasteiger partial charge in [-0.1, -0.05) is 0 Å². The van der Waals surface area contributed by atoms with Crippen LogP contribution in [0.25, 0.3) is 0 Å². The number of aryl methyl sites for hydroxylation is 2. The van der Waals surface area contributed by atoms with Gasteiger partial charge in [-0.2, -0.15) is 0 Å². The summed E-state index contributed by atoms with van der Waals surface area (Å²) in [6, 6.07) is 0. The third-order valence-corrected chi connectivity index (χ3v) is 5.18. The van der Waals surface area contributed by atoms with Crippen LogP contribution < -0.4 is 0 Å². The molecule has 0 amide bonds. The third-order valence-electron chi connectivity index (χ3n) is 5.18. The number of nitrogens with zero attached hydrogens (tertiary/aromatic N) is 4. The molecule has 3 rings (SSSR count). The number of aliphatic hydroxyl groups excluding tert-OH is 3. The Kier molecular flexibility index (Phi) is 9.25. The molecule has 1 unspecified atom stereocenters. The molecule has 5 atom stereocenters. The van der Waals surface area contributed by atoms with E-state index in [4.69, 9.17) is 14.2 Å². The number of hydrogen-bond acceptors (Lipinski definition) is 8. The fraction of sp³-hybridized carbons (Fsp3) is 0.700. The molecule has 0 aliphatic carbocycles. The van der Waals surface area contributed by atoms with E-state index in [0.717, 1.165) is 38.8 Å². The summed E-state index contributed by atoms with van der Waals surface area (Å²) < 4.78 is 21.0. The first-order valence-electron chi connectivity index (χ1n) is 10.5. The van der Waals surface area contributed by atoms with Crippen LogP contribution in [0.3, 0.4) is 0 Å². The number of aliphatic hydroxyl groups is 3. The summed E-state index contributed by atoms with van der Waals surface area (Å²) in [5, 5.41) is 30.3. The van der Waals surface area contributed by atoms with E-state index in [0.29, 0.717) is 13.2 Å². The van der Waals surface area contributed by atoms with Gasteiger partial charge in [0.2, 0.25) is 0 Å². The second-order valence-corrected chi connectivity index (χ2v) is 7.42. The largest absolute Gasteiger partial charge is 0.394 e. The van der Waals surface area contributed by atoms with Crippen molar-refractivity contribution < 1.29 is 29.5 Å². The number of rotatable bonds is 13. The Bertz CT molecular complexity index is 684. The lowest BCUT2D eigenvalue weighted by atomic mass is 9.98. The fourth-order valence-corrected chi connectivity index (χ4v) is 3.50. The van der Waals surface area contributed by atoms with Gasteiger partial charge in [0.1, 0.15) is 24.4 Å². The van der Waals surface area contributed by atoms with Crippen LogP contribution in [0.4, 0.5) is 0 Å². The number of unbranched alkanes of at least 4 members (excludes halogenated alkanes) is 2. The summed E-state index contributed by atoms with van der Waals surface area (Å²) in [4.78, 5) is 8.02. The van der Waals surface area contributed by atoms with Crippen LogP contribution in [-0.4, -0.2) is 84.9 Å². The van der Waals surface area contributed by atoms with Gasteiger partial charge in [-0.05, 0) is 25.7 Å². The van der Waals surface area contributed by atoms with Crippen LogP contribution in [0.2, 0.25) is 0 Å². The molecule has 10 nitrogen and oxygen atoms in total. The summed E-state index contributed by atoms with van der Waals surface area (Å²) in [5.74, 6) is 0. The normalized spacial score (nSPS) is 26.8. The van der Waals surface area contributed by atoms with Crippen molar-refractivity contribution in [3.63, 3.8) is 0 Å². The Morgan fingerprint density at radius 1 is 0.833 bits per heavy atom. The molecule has 0 aromatic carbocycles. The van der Waals surface area contributed by atoms with Crippen molar-refractivity contribution in [2.45, 2.75) is 69.5 Å². The van der Waals surface area contributed by atoms with Crippen molar-refractivity contribution in [1.82, 2.24) is 19.1 Å². The Hall–Kier alpha value is -1.82. The monoisotopic (exact) mass is 424 g/mol. The first-order valence-corrected chi connectivity index (χ1v) is 10.5.